The summed E-state index contributed by atoms with van der Waals surface area (Å²) >= 11 is 2.66. The van der Waals surface area contributed by atoms with Crippen molar-refractivity contribution in [3.8, 4) is 0 Å². The fraction of sp³-hybridized carbons (Fsp3) is 1.00. The van der Waals surface area contributed by atoms with Gasteiger partial charge in [-0.05, 0) is 0 Å². The van der Waals surface area contributed by atoms with E-state index in [0.717, 1.165) is 6.04 Å². The molecule has 0 aromatic rings. The molecule has 44 valence electrons. The molecule has 1 fully saturated rings. The maximum atomic E-state index is 3.30. The number of rotatable bonds is 2. The first-order chi connectivity index (χ1) is 3.34. The average molecular weight is 325 g/mol. The molecule has 0 aromatic heterocycles. The Kier molecular flexibility index (Phi) is 2.59. The van der Waals surface area contributed by atoms with E-state index < -0.39 is 0 Å². The second kappa shape index (κ2) is 2.79. The van der Waals surface area contributed by atoms with Crippen LogP contribution in [0.15, 0.2) is 0 Å². The number of hydrogen-bond donors (Lipinski definition) is 1. The summed E-state index contributed by atoms with van der Waals surface area (Å²) in [7, 11) is 0. The van der Waals surface area contributed by atoms with Gasteiger partial charge in [0.15, 0.2) is 0 Å². The van der Waals surface area contributed by atoms with Crippen LogP contribution in [0, 0.1) is 0 Å². The van der Waals surface area contributed by atoms with Gasteiger partial charge in [-0.1, -0.05) is 0 Å². The van der Waals surface area contributed by atoms with E-state index in [1.807, 2.05) is 0 Å². The molecule has 0 saturated carbocycles. The first-order valence-electron chi connectivity index (χ1n) is 2.12. The van der Waals surface area contributed by atoms with Crippen molar-refractivity contribution in [1.82, 2.24) is 8.65 Å². The van der Waals surface area contributed by atoms with Crippen molar-refractivity contribution in [3.05, 3.63) is 0 Å². The van der Waals surface area contributed by atoms with Gasteiger partial charge in [0.05, 0.1) is 0 Å². The topological polar surface area (TPSA) is 15.0 Å². The van der Waals surface area contributed by atoms with Gasteiger partial charge in [0.25, 0.3) is 0 Å². The van der Waals surface area contributed by atoms with Crippen LogP contribution in [0.4, 0.5) is 0 Å². The summed E-state index contributed by atoms with van der Waals surface area (Å²) in [5.74, 6) is 0. The Balaban J connectivity index is 1.98. The summed E-state index contributed by atoms with van der Waals surface area (Å²) in [5.41, 5.74) is 0. The summed E-state index contributed by atoms with van der Waals surface area (Å²) in [6, 6.07) is 0.814. The van der Waals surface area contributed by atoms with Gasteiger partial charge in [-0.2, -0.15) is 0 Å². The van der Waals surface area contributed by atoms with Crippen LogP contribution in [0.3, 0.4) is 0 Å². The monoisotopic (exact) mass is 325 g/mol. The van der Waals surface area contributed by atoms with E-state index >= 15 is 0 Å². The Bertz CT molecular complexity index is 68.0. The maximum absolute atomic E-state index is 3.30. The predicted molar refractivity (Wildman–Crippen MR) is 33.3 cm³/mol. The van der Waals surface area contributed by atoms with E-state index in [4.69, 9.17) is 0 Å². The Labute approximate surface area is 63.8 Å². The fourth-order valence-corrected chi connectivity index (χ4v) is 2.87. The van der Waals surface area contributed by atoms with Crippen molar-refractivity contribution in [2.24, 2.45) is 0 Å². The molecular weight excluding hydrogens is 318 g/mol. The number of hydrogen-bond acceptors (Lipinski definition) is 2. The standard InChI is InChI=1S/C3H7I2N2/c1-3-2-7(3)6-5-4/h3,6H,2H2,1H3/q-1. The molecule has 2 atom stereocenters. The number of nitrogens with zero attached hydrogens (tertiary/aromatic N) is 1. The molecule has 0 aliphatic carbocycles. The van der Waals surface area contributed by atoms with Gasteiger partial charge >= 0.3 is 64.3 Å². The number of halogens is 2. The number of nitrogens with one attached hydrogen (secondary N) is 1. The van der Waals surface area contributed by atoms with Crippen LogP contribution in [-0.2, 0) is 0 Å². The molecule has 0 aromatic carbocycles. The second-order valence-electron chi connectivity index (χ2n) is 1.66. The number of hydrazine groups is 1. The van der Waals surface area contributed by atoms with E-state index in [-0.39, 0.29) is 17.5 Å². The SMILES string of the molecule is CC1CN1N[I-]I. The van der Waals surface area contributed by atoms with E-state index in [1.54, 1.807) is 0 Å². The molecule has 0 spiro atoms. The molecule has 4 heteroatoms. The molecule has 7 heavy (non-hydrogen) atoms. The molecule has 1 saturated heterocycles. The van der Waals surface area contributed by atoms with Crippen LogP contribution in [0.1, 0.15) is 6.92 Å². The summed E-state index contributed by atoms with van der Waals surface area (Å²) < 4.78 is 3.30. The predicted octanol–water partition coefficient (Wildman–Crippen LogP) is -2.45. The third kappa shape index (κ3) is 1.98. The average Bonchev–Trinajstić information content (AvgIpc) is 2.22. The van der Waals surface area contributed by atoms with Crippen LogP contribution in [-0.4, -0.2) is 17.6 Å². The zero-order chi connectivity index (χ0) is 5.28. The minimum atomic E-state index is 0.248. The fourth-order valence-electron chi connectivity index (χ4n) is 0.396. The second-order valence-corrected chi connectivity index (χ2v) is 5.28. The Morgan fingerprint density at radius 2 is 2.57 bits per heavy atom. The van der Waals surface area contributed by atoms with E-state index in [9.17, 15) is 0 Å². The van der Waals surface area contributed by atoms with Gasteiger partial charge in [0.1, 0.15) is 0 Å². The summed E-state index contributed by atoms with van der Waals surface area (Å²) in [6.07, 6.45) is 0. The molecule has 1 N–H and O–H groups in total. The molecule has 2 unspecified atom stereocenters. The zero-order valence-corrected chi connectivity index (χ0v) is 8.30. The summed E-state index contributed by atoms with van der Waals surface area (Å²) in [4.78, 5) is 0. The molecule has 0 amide bonds. The van der Waals surface area contributed by atoms with Crippen LogP contribution in [0.2, 0.25) is 0 Å². The molecule has 2 nitrogen and oxygen atoms in total. The van der Waals surface area contributed by atoms with Gasteiger partial charge in [0.2, 0.25) is 0 Å². The molecular formula is C3H7I2N2-. The van der Waals surface area contributed by atoms with Crippen LogP contribution >= 0.6 is 18.6 Å². The van der Waals surface area contributed by atoms with Crippen LogP contribution < -0.4 is 21.1 Å². The Hall–Kier alpha value is 1.38. The molecule has 1 aliphatic heterocycles. The normalized spacial score (nSPS) is 39.1. The Morgan fingerprint density at radius 3 is 2.71 bits per heavy atom. The van der Waals surface area contributed by atoms with Crippen molar-refractivity contribution in [2.75, 3.05) is 6.54 Å². The van der Waals surface area contributed by atoms with Gasteiger partial charge in [-0.15, -0.1) is 0 Å². The quantitative estimate of drug-likeness (QED) is 0.345. The molecule has 1 aliphatic rings. The van der Waals surface area contributed by atoms with Crippen molar-refractivity contribution in [2.45, 2.75) is 13.0 Å². The molecule has 1 heterocycles. The first kappa shape index (κ1) is 6.50. The van der Waals surface area contributed by atoms with E-state index in [1.165, 1.54) is 6.54 Å². The zero-order valence-electron chi connectivity index (χ0n) is 3.99. The Morgan fingerprint density at radius 1 is 2.00 bits per heavy atom. The van der Waals surface area contributed by atoms with Crippen molar-refractivity contribution in [3.63, 3.8) is 0 Å². The van der Waals surface area contributed by atoms with Crippen molar-refractivity contribution >= 4 is 18.6 Å². The molecule has 0 bridgehead atoms. The van der Waals surface area contributed by atoms with E-state index in [0.29, 0.717) is 0 Å². The van der Waals surface area contributed by atoms with Gasteiger partial charge in [0, 0.05) is 0 Å². The third-order valence-corrected chi connectivity index (χ3v) is 3.03. The first-order valence-corrected chi connectivity index (χ1v) is 9.48. The van der Waals surface area contributed by atoms with E-state index in [2.05, 4.69) is 34.2 Å². The van der Waals surface area contributed by atoms with Gasteiger partial charge in [-0.3, -0.25) is 0 Å². The van der Waals surface area contributed by atoms with Crippen molar-refractivity contribution in [1.29, 1.82) is 0 Å². The van der Waals surface area contributed by atoms with Crippen molar-refractivity contribution < 1.29 is 17.5 Å². The summed E-state index contributed by atoms with van der Waals surface area (Å²) in [5, 5.41) is 2.26. The van der Waals surface area contributed by atoms with Crippen LogP contribution in [0.25, 0.3) is 0 Å². The summed E-state index contributed by atoms with van der Waals surface area (Å²) in [6.45, 7) is 3.48. The van der Waals surface area contributed by atoms with Gasteiger partial charge in [-0.25, -0.2) is 0 Å². The molecule has 1 rings (SSSR count). The molecule has 0 radical (unpaired) electrons. The minimum absolute atomic E-state index is 0.248. The van der Waals surface area contributed by atoms with Gasteiger partial charge < -0.3 is 0 Å². The third-order valence-electron chi connectivity index (χ3n) is 1.000. The van der Waals surface area contributed by atoms with Crippen LogP contribution in [0.5, 0.6) is 0 Å².